The average molecular weight is 333 g/mol. The number of anilines is 1. The van der Waals surface area contributed by atoms with E-state index in [0.717, 1.165) is 58.0 Å². The van der Waals surface area contributed by atoms with Crippen molar-refractivity contribution in [3.05, 3.63) is 23.7 Å². The van der Waals surface area contributed by atoms with E-state index in [1.54, 1.807) is 11.3 Å². The van der Waals surface area contributed by atoms with Crippen molar-refractivity contribution in [2.75, 3.05) is 51.4 Å². The Labute approximate surface area is 140 Å². The Morgan fingerprint density at radius 2 is 2.17 bits per heavy atom. The molecule has 0 amide bonds. The molecule has 0 aromatic carbocycles. The van der Waals surface area contributed by atoms with Gasteiger partial charge in [0.25, 0.3) is 0 Å². The van der Waals surface area contributed by atoms with Crippen LogP contribution >= 0.6 is 11.3 Å². The van der Waals surface area contributed by atoms with Crippen molar-refractivity contribution in [1.29, 1.82) is 0 Å². The molecule has 2 aliphatic heterocycles. The molecular formula is C17H23N3O2S. The summed E-state index contributed by atoms with van der Waals surface area (Å²) in [5.41, 5.74) is 2.27. The fourth-order valence-corrected chi connectivity index (χ4v) is 4.43. The summed E-state index contributed by atoms with van der Waals surface area (Å²) in [6.45, 7) is 6.46. The molecule has 4 rings (SSSR count). The molecule has 2 aromatic rings. The number of rotatable bonds is 5. The summed E-state index contributed by atoms with van der Waals surface area (Å²) in [5.74, 6) is 0.612. The molecule has 1 N–H and O–H groups in total. The Morgan fingerprint density at radius 3 is 3.00 bits per heavy atom. The van der Waals surface area contributed by atoms with E-state index in [-0.39, 0.29) is 0 Å². The van der Waals surface area contributed by atoms with Crippen molar-refractivity contribution < 1.29 is 9.47 Å². The standard InChI is InChI=1S/C17H23N3O2S/c1-4-18-15-3-10-23-17(15)14(1)19-11-16(13-2-7-22-12-13)20-5-8-21-9-6-20/h1,3-4,10,13,16H,2,5-9,11-12H2,(H,18,19)/t13-,16+/m0/s1. The number of nitrogens with one attached hydrogen (secondary N) is 1. The molecule has 2 aliphatic rings. The van der Waals surface area contributed by atoms with Crippen molar-refractivity contribution in [3.8, 4) is 0 Å². The fraction of sp³-hybridized carbons (Fsp3) is 0.588. The molecule has 0 saturated carbocycles. The molecule has 6 heteroatoms. The van der Waals surface area contributed by atoms with Gasteiger partial charge in [0, 0.05) is 44.4 Å². The molecule has 124 valence electrons. The van der Waals surface area contributed by atoms with E-state index in [1.165, 1.54) is 10.4 Å². The smallest absolute Gasteiger partial charge is 0.0830 e. The third kappa shape index (κ3) is 3.35. The minimum atomic E-state index is 0.504. The molecule has 0 unspecified atom stereocenters. The van der Waals surface area contributed by atoms with E-state index < -0.39 is 0 Å². The van der Waals surface area contributed by atoms with Crippen LogP contribution in [0, 0.1) is 5.92 Å². The van der Waals surface area contributed by atoms with Gasteiger partial charge in [-0.1, -0.05) is 0 Å². The van der Waals surface area contributed by atoms with Crippen LogP contribution in [0.1, 0.15) is 6.42 Å². The van der Waals surface area contributed by atoms with Crippen LogP contribution in [0.4, 0.5) is 5.69 Å². The first-order valence-corrected chi connectivity index (χ1v) is 9.25. The van der Waals surface area contributed by atoms with Gasteiger partial charge in [-0.05, 0) is 23.9 Å². The summed E-state index contributed by atoms with van der Waals surface area (Å²) in [5, 5.41) is 5.78. The van der Waals surface area contributed by atoms with Crippen LogP contribution in [-0.4, -0.2) is 62.0 Å². The van der Waals surface area contributed by atoms with Gasteiger partial charge < -0.3 is 14.8 Å². The molecule has 0 bridgehead atoms. The maximum absolute atomic E-state index is 5.65. The molecular weight excluding hydrogens is 310 g/mol. The van der Waals surface area contributed by atoms with Gasteiger partial charge >= 0.3 is 0 Å². The molecule has 0 radical (unpaired) electrons. The van der Waals surface area contributed by atoms with Crippen molar-refractivity contribution in [2.45, 2.75) is 12.5 Å². The van der Waals surface area contributed by atoms with Crippen LogP contribution < -0.4 is 5.32 Å². The van der Waals surface area contributed by atoms with Crippen LogP contribution in [0.2, 0.25) is 0 Å². The van der Waals surface area contributed by atoms with Gasteiger partial charge in [0.2, 0.25) is 0 Å². The van der Waals surface area contributed by atoms with Gasteiger partial charge in [-0.2, -0.15) is 0 Å². The summed E-state index contributed by atoms with van der Waals surface area (Å²) < 4.78 is 12.4. The van der Waals surface area contributed by atoms with E-state index in [4.69, 9.17) is 9.47 Å². The Bertz CT molecular complexity index is 636. The first-order valence-electron chi connectivity index (χ1n) is 8.37. The predicted molar refractivity (Wildman–Crippen MR) is 93.2 cm³/mol. The first kappa shape index (κ1) is 15.3. The van der Waals surface area contributed by atoms with Crippen LogP contribution in [-0.2, 0) is 9.47 Å². The minimum Gasteiger partial charge on any atom is -0.382 e. The predicted octanol–water partition coefficient (Wildman–Crippen LogP) is 2.45. The highest BCUT2D eigenvalue weighted by Gasteiger charge is 2.31. The maximum Gasteiger partial charge on any atom is 0.0830 e. The minimum absolute atomic E-state index is 0.504. The van der Waals surface area contributed by atoms with Crippen LogP contribution in [0.3, 0.4) is 0 Å². The highest BCUT2D eigenvalue weighted by atomic mass is 32.1. The lowest BCUT2D eigenvalue weighted by Crippen LogP contribution is -2.50. The van der Waals surface area contributed by atoms with Gasteiger partial charge in [-0.15, -0.1) is 11.3 Å². The van der Waals surface area contributed by atoms with Gasteiger partial charge in [0.05, 0.1) is 35.7 Å². The third-order valence-electron chi connectivity index (χ3n) is 4.87. The van der Waals surface area contributed by atoms with Gasteiger partial charge in [-0.25, -0.2) is 0 Å². The lowest BCUT2D eigenvalue weighted by molar-refractivity contribution is 0.00462. The van der Waals surface area contributed by atoms with Gasteiger partial charge in [0.1, 0.15) is 0 Å². The summed E-state index contributed by atoms with van der Waals surface area (Å²) in [6.07, 6.45) is 3.05. The third-order valence-corrected chi connectivity index (χ3v) is 5.81. The lowest BCUT2D eigenvalue weighted by atomic mass is 9.96. The Hall–Kier alpha value is -1.21. The normalized spacial score (nSPS) is 24.1. The van der Waals surface area contributed by atoms with E-state index in [1.807, 2.05) is 6.20 Å². The summed E-state index contributed by atoms with van der Waals surface area (Å²) >= 11 is 1.75. The molecule has 0 aliphatic carbocycles. The topological polar surface area (TPSA) is 46.6 Å². The number of ether oxygens (including phenoxy) is 2. The maximum atomic E-state index is 5.65. The fourth-order valence-electron chi connectivity index (χ4n) is 3.59. The van der Waals surface area contributed by atoms with E-state index in [9.17, 15) is 0 Å². The highest BCUT2D eigenvalue weighted by molar-refractivity contribution is 7.17. The lowest BCUT2D eigenvalue weighted by Gasteiger charge is -2.37. The second-order valence-corrected chi connectivity index (χ2v) is 7.13. The summed E-state index contributed by atoms with van der Waals surface area (Å²) in [4.78, 5) is 6.99. The molecule has 23 heavy (non-hydrogen) atoms. The average Bonchev–Trinajstić information content (AvgIpc) is 3.28. The number of morpholine rings is 1. The number of aromatic nitrogens is 1. The van der Waals surface area contributed by atoms with Gasteiger partial charge in [0.15, 0.2) is 0 Å². The zero-order chi connectivity index (χ0) is 15.5. The first-order chi connectivity index (χ1) is 11.4. The van der Waals surface area contributed by atoms with Crippen molar-refractivity contribution in [3.63, 3.8) is 0 Å². The monoisotopic (exact) mass is 333 g/mol. The Kier molecular flexibility index (Phi) is 4.75. The van der Waals surface area contributed by atoms with Crippen molar-refractivity contribution >= 4 is 27.2 Å². The van der Waals surface area contributed by atoms with Crippen molar-refractivity contribution in [1.82, 2.24) is 9.88 Å². The SMILES string of the molecule is c1cc(NC[C@H]([C@H]2CCOC2)N2CCOCC2)c2sccc2n1. The summed E-state index contributed by atoms with van der Waals surface area (Å²) in [6, 6.07) is 4.67. The molecule has 2 fully saturated rings. The Morgan fingerprint density at radius 1 is 1.26 bits per heavy atom. The molecule has 2 saturated heterocycles. The highest BCUT2D eigenvalue weighted by Crippen LogP contribution is 2.28. The number of hydrogen-bond donors (Lipinski definition) is 1. The van der Waals surface area contributed by atoms with Crippen LogP contribution in [0.25, 0.3) is 10.2 Å². The molecule has 5 nitrogen and oxygen atoms in total. The second kappa shape index (κ2) is 7.13. The number of pyridine rings is 1. The quantitative estimate of drug-likeness (QED) is 0.911. The zero-order valence-electron chi connectivity index (χ0n) is 13.2. The molecule has 0 spiro atoms. The van der Waals surface area contributed by atoms with E-state index in [0.29, 0.717) is 12.0 Å². The van der Waals surface area contributed by atoms with Crippen LogP contribution in [0.5, 0.6) is 0 Å². The molecule has 4 heterocycles. The summed E-state index contributed by atoms with van der Waals surface area (Å²) in [7, 11) is 0. The zero-order valence-corrected chi connectivity index (χ0v) is 14.1. The molecule has 2 atom stereocenters. The van der Waals surface area contributed by atoms with E-state index >= 15 is 0 Å². The van der Waals surface area contributed by atoms with Crippen molar-refractivity contribution in [2.24, 2.45) is 5.92 Å². The number of thiophene rings is 1. The van der Waals surface area contributed by atoms with E-state index in [2.05, 4.69) is 32.7 Å². The Balaban J connectivity index is 1.49. The van der Waals surface area contributed by atoms with Gasteiger partial charge in [-0.3, -0.25) is 9.88 Å². The number of fused-ring (bicyclic) bond motifs is 1. The largest absolute Gasteiger partial charge is 0.382 e. The molecule has 2 aromatic heterocycles. The number of nitrogens with zero attached hydrogens (tertiary/aromatic N) is 2. The second-order valence-electron chi connectivity index (χ2n) is 6.21. The van der Waals surface area contributed by atoms with Crippen LogP contribution in [0.15, 0.2) is 23.7 Å². The number of hydrogen-bond acceptors (Lipinski definition) is 6.